The van der Waals surface area contributed by atoms with Crippen molar-refractivity contribution in [2.24, 2.45) is 0 Å². The number of hydrogen-bond acceptors (Lipinski definition) is 4. The summed E-state index contributed by atoms with van der Waals surface area (Å²) in [6.45, 7) is 7.72. The number of thioether (sulfide) groups is 1. The van der Waals surface area contributed by atoms with Crippen molar-refractivity contribution in [3.63, 3.8) is 0 Å². The van der Waals surface area contributed by atoms with Crippen molar-refractivity contribution in [1.29, 1.82) is 0 Å². The average molecular weight is 304 g/mol. The van der Waals surface area contributed by atoms with Crippen LogP contribution < -0.4 is 0 Å². The summed E-state index contributed by atoms with van der Waals surface area (Å²) in [4.78, 5) is 19.3. The summed E-state index contributed by atoms with van der Waals surface area (Å²) >= 11 is 1.90. The molecule has 0 bridgehead atoms. The maximum Gasteiger partial charge on any atom is 0.254 e. The van der Waals surface area contributed by atoms with Crippen LogP contribution in [0.4, 0.5) is 0 Å². The standard InChI is InChI=1S/C15H20N4OS/c1-10(2)19-14-13(9-16-19)12(8-11(3)17-14)15(20)18-4-6-21-7-5-18/h8-10H,4-7H2,1-3H3. The molecule has 0 N–H and O–H groups in total. The van der Waals surface area contributed by atoms with Gasteiger partial charge in [0.15, 0.2) is 5.65 Å². The maximum atomic E-state index is 12.8. The van der Waals surface area contributed by atoms with Crippen LogP contribution in [-0.4, -0.2) is 50.2 Å². The minimum Gasteiger partial charge on any atom is -0.337 e. The molecule has 1 saturated heterocycles. The fourth-order valence-corrected chi connectivity index (χ4v) is 3.54. The Morgan fingerprint density at radius 2 is 2.05 bits per heavy atom. The van der Waals surface area contributed by atoms with Gasteiger partial charge in [0.2, 0.25) is 0 Å². The Labute approximate surface area is 128 Å². The van der Waals surface area contributed by atoms with E-state index in [1.165, 1.54) is 0 Å². The predicted molar refractivity (Wildman–Crippen MR) is 85.9 cm³/mol. The maximum absolute atomic E-state index is 12.8. The SMILES string of the molecule is Cc1cc(C(=O)N2CCSCC2)c2cnn(C(C)C)c2n1. The molecule has 2 aromatic rings. The number of pyridine rings is 1. The molecule has 1 aliphatic heterocycles. The highest BCUT2D eigenvalue weighted by Crippen LogP contribution is 2.23. The molecule has 0 atom stereocenters. The summed E-state index contributed by atoms with van der Waals surface area (Å²) in [5.74, 6) is 2.14. The number of carbonyl (C=O) groups is 1. The molecule has 0 saturated carbocycles. The van der Waals surface area contributed by atoms with Gasteiger partial charge in [0.1, 0.15) is 0 Å². The monoisotopic (exact) mass is 304 g/mol. The first kappa shape index (κ1) is 14.4. The van der Waals surface area contributed by atoms with Crippen LogP contribution in [0.15, 0.2) is 12.3 Å². The van der Waals surface area contributed by atoms with Crippen LogP contribution in [0.2, 0.25) is 0 Å². The zero-order valence-corrected chi connectivity index (χ0v) is 13.5. The van der Waals surface area contributed by atoms with Gasteiger partial charge in [-0.25, -0.2) is 9.67 Å². The van der Waals surface area contributed by atoms with E-state index in [-0.39, 0.29) is 11.9 Å². The van der Waals surface area contributed by atoms with E-state index in [1.54, 1.807) is 6.20 Å². The summed E-state index contributed by atoms with van der Waals surface area (Å²) in [6.07, 6.45) is 1.77. The van der Waals surface area contributed by atoms with E-state index in [2.05, 4.69) is 23.9 Å². The number of aryl methyl sites for hydroxylation is 1. The molecule has 1 amide bonds. The Morgan fingerprint density at radius 1 is 1.33 bits per heavy atom. The summed E-state index contributed by atoms with van der Waals surface area (Å²) in [7, 11) is 0. The van der Waals surface area contributed by atoms with Crippen molar-refractivity contribution in [3.8, 4) is 0 Å². The second kappa shape index (κ2) is 5.67. The first-order chi connectivity index (χ1) is 10.1. The van der Waals surface area contributed by atoms with Crippen molar-refractivity contribution in [2.45, 2.75) is 26.8 Å². The van der Waals surface area contributed by atoms with E-state index < -0.39 is 0 Å². The van der Waals surface area contributed by atoms with Crippen LogP contribution in [0.3, 0.4) is 0 Å². The second-order valence-corrected chi connectivity index (χ2v) is 6.86. The molecular weight excluding hydrogens is 284 g/mol. The van der Waals surface area contributed by atoms with Gasteiger partial charge >= 0.3 is 0 Å². The topological polar surface area (TPSA) is 51.0 Å². The van der Waals surface area contributed by atoms with E-state index in [4.69, 9.17) is 0 Å². The molecule has 5 nitrogen and oxygen atoms in total. The highest BCUT2D eigenvalue weighted by molar-refractivity contribution is 7.99. The van der Waals surface area contributed by atoms with Crippen molar-refractivity contribution in [3.05, 3.63) is 23.5 Å². The molecule has 0 aromatic carbocycles. The Kier molecular flexibility index (Phi) is 3.89. The smallest absolute Gasteiger partial charge is 0.254 e. The van der Waals surface area contributed by atoms with Crippen LogP contribution in [-0.2, 0) is 0 Å². The minimum absolute atomic E-state index is 0.106. The second-order valence-electron chi connectivity index (χ2n) is 5.64. The van der Waals surface area contributed by atoms with Crippen LogP contribution in [0.1, 0.15) is 35.9 Å². The van der Waals surface area contributed by atoms with Crippen molar-refractivity contribution in [2.75, 3.05) is 24.6 Å². The number of hydrogen-bond donors (Lipinski definition) is 0. The fourth-order valence-electron chi connectivity index (χ4n) is 2.63. The van der Waals surface area contributed by atoms with E-state index in [1.807, 2.05) is 34.3 Å². The molecule has 0 unspecified atom stereocenters. The largest absolute Gasteiger partial charge is 0.337 e. The van der Waals surface area contributed by atoms with E-state index in [0.29, 0.717) is 0 Å². The molecule has 6 heteroatoms. The third-order valence-corrected chi connectivity index (χ3v) is 4.66. The van der Waals surface area contributed by atoms with Crippen LogP contribution in [0, 0.1) is 6.92 Å². The normalized spacial score (nSPS) is 15.9. The molecule has 1 aliphatic rings. The molecule has 0 aliphatic carbocycles. The summed E-state index contributed by atoms with van der Waals surface area (Å²) in [5.41, 5.74) is 2.40. The average Bonchev–Trinajstić information content (AvgIpc) is 2.90. The van der Waals surface area contributed by atoms with Gasteiger partial charge in [0.05, 0.1) is 17.1 Å². The summed E-state index contributed by atoms with van der Waals surface area (Å²) in [6, 6.07) is 2.12. The molecule has 3 rings (SSSR count). The molecule has 21 heavy (non-hydrogen) atoms. The Bertz CT molecular complexity index is 674. The van der Waals surface area contributed by atoms with Gasteiger partial charge in [-0.05, 0) is 26.8 Å². The van der Waals surface area contributed by atoms with Gasteiger partial charge in [-0.2, -0.15) is 16.9 Å². The van der Waals surface area contributed by atoms with Gasteiger partial charge in [0, 0.05) is 36.3 Å². The van der Waals surface area contributed by atoms with Crippen LogP contribution in [0.5, 0.6) is 0 Å². The van der Waals surface area contributed by atoms with Gasteiger partial charge in [-0.15, -0.1) is 0 Å². The lowest BCUT2D eigenvalue weighted by Crippen LogP contribution is -2.38. The van der Waals surface area contributed by atoms with E-state index >= 15 is 0 Å². The highest BCUT2D eigenvalue weighted by Gasteiger charge is 2.22. The Morgan fingerprint density at radius 3 is 2.71 bits per heavy atom. The lowest BCUT2D eigenvalue weighted by molar-refractivity contribution is 0.0774. The highest BCUT2D eigenvalue weighted by atomic mass is 32.2. The van der Waals surface area contributed by atoms with Crippen molar-refractivity contribution < 1.29 is 4.79 Å². The van der Waals surface area contributed by atoms with E-state index in [0.717, 1.165) is 46.9 Å². The zero-order chi connectivity index (χ0) is 15.0. The summed E-state index contributed by atoms with van der Waals surface area (Å²) < 4.78 is 1.88. The van der Waals surface area contributed by atoms with Gasteiger partial charge in [-0.3, -0.25) is 4.79 Å². The van der Waals surface area contributed by atoms with E-state index in [9.17, 15) is 4.79 Å². The third kappa shape index (κ3) is 2.64. The molecule has 1 fully saturated rings. The molecule has 112 valence electrons. The number of carbonyl (C=O) groups excluding carboxylic acids is 1. The number of aromatic nitrogens is 3. The zero-order valence-electron chi connectivity index (χ0n) is 12.7. The molecular formula is C15H20N4OS. The molecule has 0 spiro atoms. The van der Waals surface area contributed by atoms with Gasteiger partial charge in [0.25, 0.3) is 5.91 Å². The van der Waals surface area contributed by atoms with Gasteiger partial charge in [-0.1, -0.05) is 0 Å². The Balaban J connectivity index is 2.07. The number of nitrogens with zero attached hydrogens (tertiary/aromatic N) is 4. The first-order valence-electron chi connectivity index (χ1n) is 7.30. The predicted octanol–water partition coefficient (Wildman–Crippen LogP) is 2.51. The van der Waals surface area contributed by atoms with Crippen molar-refractivity contribution >= 4 is 28.7 Å². The first-order valence-corrected chi connectivity index (χ1v) is 8.45. The van der Waals surface area contributed by atoms with Crippen molar-refractivity contribution in [1.82, 2.24) is 19.7 Å². The molecule has 3 heterocycles. The molecule has 2 aromatic heterocycles. The van der Waals surface area contributed by atoms with Crippen LogP contribution in [0.25, 0.3) is 11.0 Å². The number of rotatable bonds is 2. The quantitative estimate of drug-likeness (QED) is 0.855. The van der Waals surface area contributed by atoms with Crippen LogP contribution >= 0.6 is 11.8 Å². The third-order valence-electron chi connectivity index (χ3n) is 3.71. The summed E-state index contributed by atoms with van der Waals surface area (Å²) in [5, 5.41) is 5.26. The number of amides is 1. The minimum atomic E-state index is 0.106. The molecule has 0 radical (unpaired) electrons. The fraction of sp³-hybridized carbons (Fsp3) is 0.533. The lowest BCUT2D eigenvalue weighted by Gasteiger charge is -2.26. The lowest BCUT2D eigenvalue weighted by atomic mass is 10.1. The Hall–Kier alpha value is -1.56. The number of fused-ring (bicyclic) bond motifs is 1. The van der Waals surface area contributed by atoms with Gasteiger partial charge < -0.3 is 4.90 Å².